The molecule has 3 heteroatoms. The average molecular weight is 351 g/mol. The zero-order valence-electron chi connectivity index (χ0n) is 15.8. The van der Waals surface area contributed by atoms with Crippen molar-refractivity contribution in [3.8, 4) is 0 Å². The second-order valence-corrected chi connectivity index (χ2v) is 7.34. The Balaban J connectivity index is 1.75. The Labute approximate surface area is 157 Å². The number of hydrogen-bond donors (Lipinski definition) is 0. The molecule has 3 nitrogen and oxygen atoms in total. The minimum Gasteiger partial charge on any atom is -0.466 e. The Kier molecular flexibility index (Phi) is 6.45. The Morgan fingerprint density at radius 1 is 0.962 bits per heavy atom. The molecule has 138 valence electrons. The van der Waals surface area contributed by atoms with Gasteiger partial charge in [-0.05, 0) is 36.8 Å². The van der Waals surface area contributed by atoms with Crippen LogP contribution in [0.15, 0.2) is 60.7 Å². The van der Waals surface area contributed by atoms with Crippen molar-refractivity contribution < 1.29 is 9.53 Å². The van der Waals surface area contributed by atoms with Crippen LogP contribution >= 0.6 is 0 Å². The van der Waals surface area contributed by atoms with E-state index in [0.717, 1.165) is 25.9 Å². The maximum absolute atomic E-state index is 12.3. The van der Waals surface area contributed by atoms with Gasteiger partial charge in [-0.15, -0.1) is 0 Å². The Bertz CT molecular complexity index is 644. The fraction of sp³-hybridized carbons (Fsp3) is 0.435. The van der Waals surface area contributed by atoms with Crippen LogP contribution in [0.1, 0.15) is 37.8 Å². The van der Waals surface area contributed by atoms with E-state index in [-0.39, 0.29) is 11.9 Å². The van der Waals surface area contributed by atoms with Crippen LogP contribution in [0.5, 0.6) is 0 Å². The summed E-state index contributed by atoms with van der Waals surface area (Å²) in [5, 5.41) is 0. The molecule has 0 aliphatic heterocycles. The zero-order chi connectivity index (χ0) is 18.4. The smallest absolute Gasteiger partial charge is 0.309 e. The highest BCUT2D eigenvalue weighted by atomic mass is 16.5. The van der Waals surface area contributed by atoms with E-state index < -0.39 is 0 Å². The summed E-state index contributed by atoms with van der Waals surface area (Å²) in [5.41, 5.74) is 2.63. The predicted octanol–water partition coefficient (Wildman–Crippen LogP) is 4.67. The highest BCUT2D eigenvalue weighted by Gasteiger charge is 2.39. The van der Waals surface area contributed by atoms with Crippen molar-refractivity contribution in [2.45, 2.75) is 45.8 Å². The van der Waals surface area contributed by atoms with E-state index in [2.05, 4.69) is 72.5 Å². The maximum Gasteiger partial charge on any atom is 0.309 e. The largest absolute Gasteiger partial charge is 0.466 e. The summed E-state index contributed by atoms with van der Waals surface area (Å²) in [6, 6.07) is 21.6. The number of rotatable bonds is 7. The monoisotopic (exact) mass is 351 g/mol. The third kappa shape index (κ3) is 4.73. The lowest BCUT2D eigenvalue weighted by Crippen LogP contribution is -2.33. The lowest BCUT2D eigenvalue weighted by atomic mass is 9.99. The summed E-state index contributed by atoms with van der Waals surface area (Å²) >= 11 is 0. The summed E-state index contributed by atoms with van der Waals surface area (Å²) in [4.78, 5) is 14.8. The van der Waals surface area contributed by atoms with E-state index in [1.54, 1.807) is 0 Å². The second-order valence-electron chi connectivity index (χ2n) is 7.34. The maximum atomic E-state index is 12.3. The quantitative estimate of drug-likeness (QED) is 0.679. The first-order valence-electron chi connectivity index (χ1n) is 9.66. The van der Waals surface area contributed by atoms with Crippen molar-refractivity contribution in [3.05, 3.63) is 71.8 Å². The molecule has 0 radical (unpaired) electrons. The zero-order valence-corrected chi connectivity index (χ0v) is 15.8. The Hall–Kier alpha value is -2.13. The summed E-state index contributed by atoms with van der Waals surface area (Å²) in [5.74, 6) is 0.365. The van der Waals surface area contributed by atoms with Gasteiger partial charge < -0.3 is 4.74 Å². The SMILES string of the molecule is CCOC(=O)[C@H]1C[C@@H](N(Cc2ccccc2)Cc2ccccc2)C[C@H]1C. The first kappa shape index (κ1) is 18.7. The van der Waals surface area contributed by atoms with E-state index in [1.807, 2.05) is 6.92 Å². The van der Waals surface area contributed by atoms with E-state index in [9.17, 15) is 4.79 Å². The molecule has 0 spiro atoms. The average Bonchev–Trinajstić information content (AvgIpc) is 3.05. The molecule has 0 amide bonds. The number of carbonyl (C=O) groups excluding carboxylic acids is 1. The molecule has 0 N–H and O–H groups in total. The number of ether oxygens (including phenoxy) is 1. The molecule has 3 atom stereocenters. The predicted molar refractivity (Wildman–Crippen MR) is 104 cm³/mol. The van der Waals surface area contributed by atoms with Gasteiger partial charge in [-0.25, -0.2) is 0 Å². The molecule has 26 heavy (non-hydrogen) atoms. The van der Waals surface area contributed by atoms with Gasteiger partial charge in [-0.1, -0.05) is 67.6 Å². The molecule has 0 unspecified atom stereocenters. The van der Waals surface area contributed by atoms with Crippen molar-refractivity contribution in [1.82, 2.24) is 4.90 Å². The van der Waals surface area contributed by atoms with Gasteiger partial charge in [0.2, 0.25) is 0 Å². The number of nitrogens with zero attached hydrogens (tertiary/aromatic N) is 1. The van der Waals surface area contributed by atoms with E-state index in [4.69, 9.17) is 4.74 Å². The van der Waals surface area contributed by atoms with Crippen LogP contribution in [0, 0.1) is 11.8 Å². The van der Waals surface area contributed by atoms with Crippen LogP contribution in [-0.2, 0) is 22.6 Å². The number of hydrogen-bond acceptors (Lipinski definition) is 3. The third-order valence-electron chi connectivity index (χ3n) is 5.42. The van der Waals surface area contributed by atoms with Crippen LogP contribution < -0.4 is 0 Å². The molecule has 2 aromatic carbocycles. The summed E-state index contributed by atoms with van der Waals surface area (Å²) in [6.07, 6.45) is 1.93. The fourth-order valence-corrected chi connectivity index (χ4v) is 4.04. The van der Waals surface area contributed by atoms with Crippen molar-refractivity contribution in [2.24, 2.45) is 11.8 Å². The van der Waals surface area contributed by atoms with Crippen LogP contribution in [-0.4, -0.2) is 23.5 Å². The lowest BCUT2D eigenvalue weighted by Gasteiger charge is -2.29. The fourth-order valence-electron chi connectivity index (χ4n) is 4.04. The van der Waals surface area contributed by atoms with Gasteiger partial charge in [0.25, 0.3) is 0 Å². The molecule has 0 aromatic heterocycles. The topological polar surface area (TPSA) is 29.5 Å². The van der Waals surface area contributed by atoms with E-state index in [0.29, 0.717) is 18.6 Å². The Morgan fingerprint density at radius 3 is 2.00 bits per heavy atom. The number of esters is 1. The van der Waals surface area contributed by atoms with Gasteiger partial charge in [0.1, 0.15) is 0 Å². The summed E-state index contributed by atoms with van der Waals surface area (Å²) in [6.45, 7) is 6.34. The van der Waals surface area contributed by atoms with Gasteiger partial charge in [0.05, 0.1) is 12.5 Å². The molecular formula is C23H29NO2. The first-order chi connectivity index (χ1) is 12.7. The van der Waals surface area contributed by atoms with Crippen LogP contribution in [0.4, 0.5) is 0 Å². The molecule has 3 rings (SSSR count). The molecule has 0 bridgehead atoms. The molecule has 1 aliphatic carbocycles. The minimum atomic E-state index is -0.0260. The molecule has 0 saturated heterocycles. The summed E-state index contributed by atoms with van der Waals surface area (Å²) in [7, 11) is 0. The summed E-state index contributed by atoms with van der Waals surface area (Å²) < 4.78 is 5.30. The minimum absolute atomic E-state index is 0.0222. The van der Waals surface area contributed by atoms with Crippen molar-refractivity contribution in [2.75, 3.05) is 6.61 Å². The van der Waals surface area contributed by atoms with Crippen LogP contribution in [0.25, 0.3) is 0 Å². The molecular weight excluding hydrogens is 322 g/mol. The first-order valence-corrected chi connectivity index (χ1v) is 9.66. The van der Waals surface area contributed by atoms with Crippen molar-refractivity contribution >= 4 is 5.97 Å². The van der Waals surface area contributed by atoms with E-state index in [1.165, 1.54) is 11.1 Å². The Morgan fingerprint density at radius 2 is 1.50 bits per heavy atom. The lowest BCUT2D eigenvalue weighted by molar-refractivity contribution is -0.149. The van der Waals surface area contributed by atoms with Gasteiger partial charge in [-0.3, -0.25) is 9.69 Å². The third-order valence-corrected chi connectivity index (χ3v) is 5.42. The van der Waals surface area contributed by atoms with Crippen LogP contribution in [0.2, 0.25) is 0 Å². The molecule has 2 aromatic rings. The highest BCUT2D eigenvalue weighted by Crippen LogP contribution is 2.36. The van der Waals surface area contributed by atoms with Gasteiger partial charge in [0, 0.05) is 19.1 Å². The van der Waals surface area contributed by atoms with Gasteiger partial charge >= 0.3 is 5.97 Å². The number of benzene rings is 2. The van der Waals surface area contributed by atoms with Gasteiger partial charge in [-0.2, -0.15) is 0 Å². The normalized spacial score (nSPS) is 22.5. The molecule has 1 fully saturated rings. The van der Waals surface area contributed by atoms with Crippen molar-refractivity contribution in [3.63, 3.8) is 0 Å². The van der Waals surface area contributed by atoms with Crippen LogP contribution in [0.3, 0.4) is 0 Å². The van der Waals surface area contributed by atoms with Crippen molar-refractivity contribution in [1.29, 1.82) is 0 Å². The van der Waals surface area contributed by atoms with E-state index >= 15 is 0 Å². The standard InChI is InChI=1S/C23H29NO2/c1-3-26-23(25)22-15-21(14-18(22)2)24(16-19-10-6-4-7-11-19)17-20-12-8-5-9-13-20/h4-13,18,21-22H,3,14-17H2,1-2H3/t18-,21+,22+/m1/s1. The second kappa shape index (κ2) is 9.00. The number of carbonyl (C=O) groups is 1. The highest BCUT2D eigenvalue weighted by molar-refractivity contribution is 5.73. The molecule has 1 aliphatic rings. The molecule has 0 heterocycles. The molecule has 1 saturated carbocycles. The van der Waals surface area contributed by atoms with Gasteiger partial charge in [0.15, 0.2) is 0 Å².